The van der Waals surface area contributed by atoms with Crippen LogP contribution in [0.4, 0.5) is 0 Å². The molecule has 5 heteroatoms. The second kappa shape index (κ2) is 4.81. The van der Waals surface area contributed by atoms with Crippen LogP contribution in [0.25, 0.3) is 11.1 Å². The molecule has 2 rings (SSSR count). The van der Waals surface area contributed by atoms with Crippen molar-refractivity contribution in [1.82, 2.24) is 0 Å². The molecule has 0 bridgehead atoms. The lowest BCUT2D eigenvalue weighted by Crippen LogP contribution is -2.10. The average molecular weight is 257 g/mol. The number of hydrogen-bond donors (Lipinski definition) is 3. The fourth-order valence-electron chi connectivity index (χ4n) is 1.73. The summed E-state index contributed by atoms with van der Waals surface area (Å²) in [6.45, 7) is 0. The Balaban J connectivity index is 2.46. The number of carbonyl (C=O) groups excluding carboxylic acids is 1. The van der Waals surface area contributed by atoms with Crippen LogP contribution in [-0.4, -0.2) is 22.1 Å². The van der Waals surface area contributed by atoms with Gasteiger partial charge in [-0.3, -0.25) is 4.79 Å². The van der Waals surface area contributed by atoms with Crippen molar-refractivity contribution in [3.63, 3.8) is 0 Å². The highest BCUT2D eigenvalue weighted by molar-refractivity contribution is 5.93. The Hall–Kier alpha value is -2.82. The third kappa shape index (κ3) is 2.71. The summed E-state index contributed by atoms with van der Waals surface area (Å²) in [6, 6.07) is 10.4. The topological polar surface area (TPSA) is 101 Å². The second-order valence-electron chi connectivity index (χ2n) is 4.02. The number of carboxylic acids is 1. The van der Waals surface area contributed by atoms with Gasteiger partial charge in [-0.1, -0.05) is 12.1 Å². The number of phenols is 1. The van der Waals surface area contributed by atoms with Gasteiger partial charge < -0.3 is 15.9 Å². The number of nitrogens with two attached hydrogens (primary N) is 1. The van der Waals surface area contributed by atoms with Gasteiger partial charge in [0, 0.05) is 5.56 Å². The number of rotatable bonds is 3. The smallest absolute Gasteiger partial charge is 0.335 e. The van der Waals surface area contributed by atoms with E-state index in [0.29, 0.717) is 16.7 Å². The lowest BCUT2D eigenvalue weighted by atomic mass is 10.0. The van der Waals surface area contributed by atoms with Gasteiger partial charge in [-0.05, 0) is 41.5 Å². The highest BCUT2D eigenvalue weighted by Crippen LogP contribution is 2.25. The standard InChI is InChI=1S/C14H11NO4/c15-13(17)9-3-1-8(2-4-9)10-5-11(14(18)19)7-12(16)6-10/h1-7,16H,(H2,15,17)(H,18,19). The van der Waals surface area contributed by atoms with Crippen molar-refractivity contribution >= 4 is 11.9 Å². The van der Waals surface area contributed by atoms with Gasteiger partial charge in [0.25, 0.3) is 0 Å². The highest BCUT2D eigenvalue weighted by Gasteiger charge is 2.08. The first-order valence-corrected chi connectivity index (χ1v) is 5.45. The Labute approximate surface area is 108 Å². The molecule has 0 atom stereocenters. The van der Waals surface area contributed by atoms with Crippen molar-refractivity contribution in [2.75, 3.05) is 0 Å². The molecule has 0 aliphatic heterocycles. The predicted molar refractivity (Wildman–Crippen MR) is 69.0 cm³/mol. The van der Waals surface area contributed by atoms with Crippen LogP contribution in [0.2, 0.25) is 0 Å². The van der Waals surface area contributed by atoms with Gasteiger partial charge in [0.15, 0.2) is 0 Å². The Morgan fingerprint density at radius 3 is 2.05 bits per heavy atom. The van der Waals surface area contributed by atoms with Crippen molar-refractivity contribution in [3.8, 4) is 16.9 Å². The third-order valence-corrected chi connectivity index (χ3v) is 2.67. The average Bonchev–Trinajstić information content (AvgIpc) is 2.38. The van der Waals surface area contributed by atoms with Crippen LogP contribution in [0.5, 0.6) is 5.75 Å². The zero-order chi connectivity index (χ0) is 14.0. The second-order valence-corrected chi connectivity index (χ2v) is 4.02. The summed E-state index contributed by atoms with van der Waals surface area (Å²) in [7, 11) is 0. The number of amides is 1. The summed E-state index contributed by atoms with van der Waals surface area (Å²) >= 11 is 0. The molecule has 0 heterocycles. The first kappa shape index (κ1) is 12.6. The number of hydrogen-bond acceptors (Lipinski definition) is 3. The molecule has 2 aromatic carbocycles. The molecule has 0 fully saturated rings. The first-order valence-electron chi connectivity index (χ1n) is 5.45. The van der Waals surface area contributed by atoms with E-state index in [1.54, 1.807) is 24.3 Å². The number of carbonyl (C=O) groups is 2. The van der Waals surface area contributed by atoms with Gasteiger partial charge in [-0.2, -0.15) is 0 Å². The number of aromatic carboxylic acids is 1. The fourth-order valence-corrected chi connectivity index (χ4v) is 1.73. The van der Waals surface area contributed by atoms with Crippen molar-refractivity contribution in [2.24, 2.45) is 5.73 Å². The van der Waals surface area contributed by atoms with E-state index < -0.39 is 11.9 Å². The van der Waals surface area contributed by atoms with E-state index in [1.807, 2.05) is 0 Å². The van der Waals surface area contributed by atoms with E-state index in [2.05, 4.69) is 0 Å². The maximum atomic E-state index is 11.0. The summed E-state index contributed by atoms with van der Waals surface area (Å²) in [5.41, 5.74) is 6.72. The molecule has 96 valence electrons. The molecule has 4 N–H and O–H groups in total. The van der Waals surface area contributed by atoms with Crippen LogP contribution in [-0.2, 0) is 0 Å². The molecule has 2 aromatic rings. The third-order valence-electron chi connectivity index (χ3n) is 2.67. The molecule has 0 aromatic heterocycles. The van der Waals surface area contributed by atoms with E-state index >= 15 is 0 Å². The minimum absolute atomic E-state index is 0.00558. The quantitative estimate of drug-likeness (QED) is 0.781. The molecule has 0 saturated heterocycles. The summed E-state index contributed by atoms with van der Waals surface area (Å²) in [5, 5.41) is 18.4. The van der Waals surface area contributed by atoms with Crippen molar-refractivity contribution < 1.29 is 19.8 Å². The summed E-state index contributed by atoms with van der Waals surface area (Å²) in [4.78, 5) is 21.9. The molecule has 0 unspecified atom stereocenters. The molecular weight excluding hydrogens is 246 g/mol. The van der Waals surface area contributed by atoms with Gasteiger partial charge in [0.2, 0.25) is 5.91 Å². The van der Waals surface area contributed by atoms with Gasteiger partial charge in [0.1, 0.15) is 5.75 Å². The zero-order valence-electron chi connectivity index (χ0n) is 9.83. The molecule has 5 nitrogen and oxygen atoms in total. The molecule has 1 amide bonds. The monoisotopic (exact) mass is 257 g/mol. The predicted octanol–water partition coefficient (Wildman–Crippen LogP) is 1.86. The van der Waals surface area contributed by atoms with Crippen LogP contribution in [0.3, 0.4) is 0 Å². The van der Waals surface area contributed by atoms with Gasteiger partial charge in [-0.25, -0.2) is 4.79 Å². The van der Waals surface area contributed by atoms with E-state index in [4.69, 9.17) is 10.8 Å². The molecule has 0 aliphatic rings. The highest BCUT2D eigenvalue weighted by atomic mass is 16.4. The molecule has 0 spiro atoms. The van der Waals surface area contributed by atoms with E-state index in [-0.39, 0.29) is 11.3 Å². The number of primary amides is 1. The number of benzene rings is 2. The number of carboxylic acid groups (broad SMARTS) is 1. The Kier molecular flexibility index (Phi) is 3.20. The van der Waals surface area contributed by atoms with Crippen molar-refractivity contribution in [3.05, 3.63) is 53.6 Å². The minimum Gasteiger partial charge on any atom is -0.508 e. The van der Waals surface area contributed by atoms with E-state index in [9.17, 15) is 14.7 Å². The summed E-state index contributed by atoms with van der Waals surface area (Å²) < 4.78 is 0. The lowest BCUT2D eigenvalue weighted by molar-refractivity contribution is 0.0696. The number of phenolic OH excluding ortho intramolecular Hbond substituents is 1. The molecule has 19 heavy (non-hydrogen) atoms. The van der Waals surface area contributed by atoms with Gasteiger partial charge in [0.05, 0.1) is 5.56 Å². The van der Waals surface area contributed by atoms with Crippen LogP contribution in [0.1, 0.15) is 20.7 Å². The Bertz CT molecular complexity index is 647. The Morgan fingerprint density at radius 1 is 0.895 bits per heavy atom. The first-order chi connectivity index (χ1) is 8.97. The van der Waals surface area contributed by atoms with Crippen molar-refractivity contribution in [2.45, 2.75) is 0 Å². The van der Waals surface area contributed by atoms with E-state index in [0.717, 1.165) is 0 Å². The summed E-state index contributed by atoms with van der Waals surface area (Å²) in [6.07, 6.45) is 0. The molecular formula is C14H11NO4. The maximum absolute atomic E-state index is 11.0. The SMILES string of the molecule is NC(=O)c1ccc(-c2cc(O)cc(C(=O)O)c2)cc1. The maximum Gasteiger partial charge on any atom is 0.335 e. The largest absolute Gasteiger partial charge is 0.508 e. The molecule has 0 aliphatic carbocycles. The number of aromatic hydroxyl groups is 1. The van der Waals surface area contributed by atoms with Gasteiger partial charge in [-0.15, -0.1) is 0 Å². The van der Waals surface area contributed by atoms with Crippen molar-refractivity contribution in [1.29, 1.82) is 0 Å². The molecule has 0 radical (unpaired) electrons. The molecule has 0 saturated carbocycles. The van der Waals surface area contributed by atoms with E-state index in [1.165, 1.54) is 18.2 Å². The summed E-state index contributed by atoms with van der Waals surface area (Å²) in [5.74, 6) is -1.78. The fraction of sp³-hybridized carbons (Fsp3) is 0. The van der Waals surface area contributed by atoms with Crippen LogP contribution in [0, 0.1) is 0 Å². The van der Waals surface area contributed by atoms with Gasteiger partial charge >= 0.3 is 5.97 Å². The lowest BCUT2D eigenvalue weighted by Gasteiger charge is -2.05. The van der Waals surface area contributed by atoms with Crippen LogP contribution in [0.15, 0.2) is 42.5 Å². The normalized spacial score (nSPS) is 10.1. The van der Waals surface area contributed by atoms with Crippen LogP contribution < -0.4 is 5.73 Å². The Morgan fingerprint density at radius 2 is 1.53 bits per heavy atom. The zero-order valence-corrected chi connectivity index (χ0v) is 9.83. The minimum atomic E-state index is -1.12. The van der Waals surface area contributed by atoms with Crippen LogP contribution >= 0.6 is 0 Å².